The third-order valence-corrected chi connectivity index (χ3v) is 3.42. The zero-order valence-electron chi connectivity index (χ0n) is 8.49. The summed E-state index contributed by atoms with van der Waals surface area (Å²) >= 11 is 1.53. The van der Waals surface area contributed by atoms with Crippen LogP contribution in [0.2, 0.25) is 0 Å². The zero-order valence-corrected chi connectivity index (χ0v) is 9.31. The normalized spacial score (nSPS) is 18.1. The molecule has 1 aromatic rings. The SMILES string of the molecule is CCC(CC1CC1)Nc1ncc(N)s1. The molecular formula is C10H17N3S. The lowest BCUT2D eigenvalue weighted by molar-refractivity contribution is 0.586. The molecule has 0 radical (unpaired) electrons. The second-order valence-corrected chi connectivity index (χ2v) is 5.06. The molecule has 1 unspecified atom stereocenters. The van der Waals surface area contributed by atoms with Crippen molar-refractivity contribution < 1.29 is 0 Å². The highest BCUT2D eigenvalue weighted by Crippen LogP contribution is 2.35. The molecule has 0 bridgehead atoms. The molecule has 0 aliphatic heterocycles. The Hall–Kier alpha value is -0.770. The standard InChI is InChI=1S/C10H17N3S/c1-2-8(5-7-3-4-7)13-10-12-6-9(11)14-10/h6-8H,2-5,11H2,1H3,(H,12,13). The van der Waals surface area contributed by atoms with Gasteiger partial charge in [0.25, 0.3) is 0 Å². The molecule has 0 spiro atoms. The second kappa shape index (κ2) is 4.17. The summed E-state index contributed by atoms with van der Waals surface area (Å²) in [5.41, 5.74) is 5.63. The van der Waals surface area contributed by atoms with Crippen LogP contribution in [0.4, 0.5) is 10.1 Å². The first-order valence-electron chi connectivity index (χ1n) is 5.25. The van der Waals surface area contributed by atoms with Crippen LogP contribution in [0.5, 0.6) is 0 Å². The van der Waals surface area contributed by atoms with Gasteiger partial charge in [-0.2, -0.15) is 0 Å². The molecule has 0 saturated heterocycles. The third-order valence-electron chi connectivity index (χ3n) is 2.66. The molecule has 0 amide bonds. The predicted molar refractivity (Wildman–Crippen MR) is 61.6 cm³/mol. The number of nitrogen functional groups attached to an aromatic ring is 1. The van der Waals surface area contributed by atoms with Gasteiger partial charge in [0, 0.05) is 6.04 Å². The van der Waals surface area contributed by atoms with Crippen LogP contribution in [0.1, 0.15) is 32.6 Å². The first-order valence-corrected chi connectivity index (χ1v) is 6.07. The molecule has 3 N–H and O–H groups in total. The highest BCUT2D eigenvalue weighted by atomic mass is 32.1. The van der Waals surface area contributed by atoms with Gasteiger partial charge in [-0.1, -0.05) is 31.1 Å². The van der Waals surface area contributed by atoms with Crippen molar-refractivity contribution in [2.75, 3.05) is 11.1 Å². The molecule has 14 heavy (non-hydrogen) atoms. The van der Waals surface area contributed by atoms with Crippen molar-refractivity contribution in [3.8, 4) is 0 Å². The maximum Gasteiger partial charge on any atom is 0.184 e. The summed E-state index contributed by atoms with van der Waals surface area (Å²) in [7, 11) is 0. The van der Waals surface area contributed by atoms with Crippen molar-refractivity contribution in [2.45, 2.75) is 38.6 Å². The fourth-order valence-corrected chi connectivity index (χ4v) is 2.27. The van der Waals surface area contributed by atoms with E-state index in [0.29, 0.717) is 6.04 Å². The van der Waals surface area contributed by atoms with Crippen LogP contribution in [0, 0.1) is 5.92 Å². The van der Waals surface area contributed by atoms with Gasteiger partial charge >= 0.3 is 0 Å². The Morgan fingerprint density at radius 2 is 2.50 bits per heavy atom. The fourth-order valence-electron chi connectivity index (χ4n) is 1.61. The Balaban J connectivity index is 1.86. The van der Waals surface area contributed by atoms with E-state index in [9.17, 15) is 0 Å². The van der Waals surface area contributed by atoms with Crippen LogP contribution in [0.25, 0.3) is 0 Å². The summed E-state index contributed by atoms with van der Waals surface area (Å²) in [5.74, 6) is 0.963. The fraction of sp³-hybridized carbons (Fsp3) is 0.700. The number of thiazole rings is 1. The van der Waals surface area contributed by atoms with Crippen LogP contribution < -0.4 is 11.1 Å². The van der Waals surface area contributed by atoms with Crippen LogP contribution in [0.15, 0.2) is 6.20 Å². The first-order chi connectivity index (χ1) is 6.78. The number of hydrogen-bond acceptors (Lipinski definition) is 4. The molecule has 1 aliphatic rings. The average Bonchev–Trinajstić information content (AvgIpc) is 2.89. The second-order valence-electron chi connectivity index (χ2n) is 4.00. The number of anilines is 2. The predicted octanol–water partition coefficient (Wildman–Crippen LogP) is 2.72. The Labute approximate surface area is 88.7 Å². The first kappa shape index (κ1) is 9.77. The summed E-state index contributed by atoms with van der Waals surface area (Å²) in [6, 6.07) is 0.577. The Morgan fingerprint density at radius 3 is 3.00 bits per heavy atom. The van der Waals surface area contributed by atoms with Gasteiger partial charge in [-0.3, -0.25) is 0 Å². The van der Waals surface area contributed by atoms with E-state index < -0.39 is 0 Å². The molecule has 78 valence electrons. The molecule has 2 rings (SSSR count). The van der Waals surface area contributed by atoms with Crippen molar-refractivity contribution >= 4 is 21.5 Å². The van der Waals surface area contributed by atoms with Gasteiger partial charge in [-0.05, 0) is 18.8 Å². The van der Waals surface area contributed by atoms with Gasteiger partial charge < -0.3 is 11.1 Å². The summed E-state index contributed by atoms with van der Waals surface area (Å²) in [4.78, 5) is 4.21. The van der Waals surface area contributed by atoms with Crippen molar-refractivity contribution in [3.63, 3.8) is 0 Å². The quantitative estimate of drug-likeness (QED) is 0.787. The van der Waals surface area contributed by atoms with Crippen molar-refractivity contribution in [1.82, 2.24) is 4.98 Å². The highest BCUT2D eigenvalue weighted by molar-refractivity contribution is 7.19. The Morgan fingerprint density at radius 1 is 1.71 bits per heavy atom. The van der Waals surface area contributed by atoms with Crippen molar-refractivity contribution in [1.29, 1.82) is 0 Å². The number of nitrogens with zero attached hydrogens (tertiary/aromatic N) is 1. The summed E-state index contributed by atoms with van der Waals surface area (Å²) in [5, 5.41) is 5.20. The van der Waals surface area contributed by atoms with Gasteiger partial charge in [0.15, 0.2) is 5.13 Å². The van der Waals surface area contributed by atoms with E-state index in [1.807, 2.05) is 0 Å². The molecule has 1 aliphatic carbocycles. The van der Waals surface area contributed by atoms with Crippen LogP contribution in [0.3, 0.4) is 0 Å². The largest absolute Gasteiger partial charge is 0.389 e. The minimum absolute atomic E-state index is 0.577. The minimum Gasteiger partial charge on any atom is -0.389 e. The average molecular weight is 211 g/mol. The molecule has 4 heteroatoms. The van der Waals surface area contributed by atoms with E-state index in [2.05, 4.69) is 17.2 Å². The summed E-state index contributed by atoms with van der Waals surface area (Å²) in [6.45, 7) is 2.22. The van der Waals surface area contributed by atoms with E-state index in [-0.39, 0.29) is 0 Å². The maximum atomic E-state index is 5.63. The van der Waals surface area contributed by atoms with Gasteiger partial charge in [-0.25, -0.2) is 4.98 Å². The van der Waals surface area contributed by atoms with Gasteiger partial charge in [-0.15, -0.1) is 0 Å². The van der Waals surface area contributed by atoms with Crippen LogP contribution in [-0.2, 0) is 0 Å². The van der Waals surface area contributed by atoms with E-state index in [0.717, 1.165) is 22.5 Å². The summed E-state index contributed by atoms with van der Waals surface area (Å²) < 4.78 is 0. The lowest BCUT2D eigenvalue weighted by atomic mass is 10.1. The van der Waals surface area contributed by atoms with Crippen LogP contribution in [-0.4, -0.2) is 11.0 Å². The number of hydrogen-bond donors (Lipinski definition) is 2. The lowest BCUT2D eigenvalue weighted by Gasteiger charge is -2.15. The number of rotatable bonds is 5. The molecular weight excluding hydrogens is 194 g/mol. The van der Waals surface area contributed by atoms with Gasteiger partial charge in [0.1, 0.15) is 5.00 Å². The van der Waals surface area contributed by atoms with E-state index >= 15 is 0 Å². The topological polar surface area (TPSA) is 50.9 Å². The smallest absolute Gasteiger partial charge is 0.184 e. The summed E-state index contributed by atoms with van der Waals surface area (Å²) in [6.07, 6.45) is 7.00. The molecule has 1 aromatic heterocycles. The lowest BCUT2D eigenvalue weighted by Crippen LogP contribution is -2.18. The molecule has 3 nitrogen and oxygen atoms in total. The van der Waals surface area contributed by atoms with Crippen molar-refractivity contribution in [2.24, 2.45) is 5.92 Å². The molecule has 1 atom stereocenters. The maximum absolute atomic E-state index is 5.63. The van der Waals surface area contributed by atoms with Crippen LogP contribution >= 0.6 is 11.3 Å². The number of nitrogens with one attached hydrogen (secondary N) is 1. The Bertz CT molecular complexity index is 293. The minimum atomic E-state index is 0.577. The van der Waals surface area contributed by atoms with E-state index in [1.54, 1.807) is 6.20 Å². The monoisotopic (exact) mass is 211 g/mol. The molecule has 1 fully saturated rings. The Kier molecular flexibility index (Phi) is 2.91. The van der Waals surface area contributed by atoms with Gasteiger partial charge in [0.2, 0.25) is 0 Å². The third kappa shape index (κ3) is 2.61. The highest BCUT2D eigenvalue weighted by Gasteiger charge is 2.24. The number of aromatic nitrogens is 1. The number of nitrogens with two attached hydrogens (primary N) is 1. The van der Waals surface area contributed by atoms with E-state index in [1.165, 1.54) is 30.6 Å². The van der Waals surface area contributed by atoms with E-state index in [4.69, 9.17) is 5.73 Å². The zero-order chi connectivity index (χ0) is 9.97. The molecule has 1 saturated carbocycles. The van der Waals surface area contributed by atoms with Crippen molar-refractivity contribution in [3.05, 3.63) is 6.20 Å². The molecule has 1 heterocycles. The van der Waals surface area contributed by atoms with Gasteiger partial charge in [0.05, 0.1) is 6.20 Å². The molecule has 0 aromatic carbocycles.